The summed E-state index contributed by atoms with van der Waals surface area (Å²) in [6.45, 7) is 0.190. The zero-order valence-electron chi connectivity index (χ0n) is 10.9. The fraction of sp³-hybridized carbons (Fsp3) is 0.0625. The molecule has 0 aliphatic carbocycles. The van der Waals surface area contributed by atoms with Crippen molar-refractivity contribution >= 4 is 16.5 Å². The highest BCUT2D eigenvalue weighted by molar-refractivity contribution is 5.93. The molecule has 0 aliphatic heterocycles. The molecule has 1 aromatic heterocycles. The van der Waals surface area contributed by atoms with Crippen molar-refractivity contribution in [3.05, 3.63) is 71.8 Å². The smallest absolute Gasteiger partial charge is 0.194 e. The Morgan fingerprint density at radius 3 is 2.52 bits per heavy atom. The highest BCUT2D eigenvalue weighted by Gasteiger charge is 2.10. The Bertz CT molecular complexity index is 774. The zero-order valence-corrected chi connectivity index (χ0v) is 10.9. The number of hydrogen-bond acceptors (Lipinski definition) is 2. The third-order valence-corrected chi connectivity index (χ3v) is 3.21. The molecule has 0 unspecified atom stereocenters. The topological polar surface area (TPSA) is 24.9 Å². The molecule has 1 heterocycles. The third-order valence-electron chi connectivity index (χ3n) is 3.21. The van der Waals surface area contributed by atoms with Gasteiger partial charge in [0, 0.05) is 35.4 Å². The molecule has 0 spiro atoms. The van der Waals surface area contributed by atoms with E-state index in [2.05, 4.69) is 10.3 Å². The lowest BCUT2D eigenvalue weighted by Gasteiger charge is -2.10. The van der Waals surface area contributed by atoms with Gasteiger partial charge in [0.05, 0.1) is 0 Å². The van der Waals surface area contributed by atoms with Gasteiger partial charge in [0.15, 0.2) is 17.5 Å². The number of rotatable bonds is 3. The molecule has 2 nitrogen and oxygen atoms in total. The van der Waals surface area contributed by atoms with Crippen LogP contribution < -0.4 is 5.32 Å². The van der Waals surface area contributed by atoms with Gasteiger partial charge in [0.2, 0.25) is 0 Å². The van der Waals surface area contributed by atoms with Crippen LogP contribution in [-0.4, -0.2) is 4.98 Å². The van der Waals surface area contributed by atoms with Gasteiger partial charge < -0.3 is 5.32 Å². The van der Waals surface area contributed by atoms with Gasteiger partial charge >= 0.3 is 0 Å². The van der Waals surface area contributed by atoms with E-state index < -0.39 is 17.5 Å². The van der Waals surface area contributed by atoms with Crippen LogP contribution in [0.3, 0.4) is 0 Å². The van der Waals surface area contributed by atoms with E-state index in [1.807, 2.05) is 24.3 Å². The van der Waals surface area contributed by atoms with Crippen LogP contribution in [0.15, 0.2) is 48.8 Å². The minimum atomic E-state index is -1.45. The summed E-state index contributed by atoms with van der Waals surface area (Å²) in [6.07, 6.45) is 3.41. The van der Waals surface area contributed by atoms with Crippen LogP contribution in [0.2, 0.25) is 0 Å². The van der Waals surface area contributed by atoms with Crippen molar-refractivity contribution in [2.75, 3.05) is 5.32 Å². The standard InChI is InChI=1S/C16H11F3N2/c17-13-6-10(7-14(18)16(13)19)8-21-15-3-1-2-11-9-20-5-4-12(11)15/h1-7,9,21H,8H2. The van der Waals surface area contributed by atoms with Crippen LogP contribution in [-0.2, 0) is 6.54 Å². The number of pyridine rings is 1. The van der Waals surface area contributed by atoms with Crippen molar-refractivity contribution in [2.45, 2.75) is 6.54 Å². The molecule has 0 radical (unpaired) electrons. The molecule has 3 aromatic rings. The fourth-order valence-electron chi connectivity index (χ4n) is 2.18. The highest BCUT2D eigenvalue weighted by atomic mass is 19.2. The van der Waals surface area contributed by atoms with Crippen LogP contribution in [0.1, 0.15) is 5.56 Å². The summed E-state index contributed by atoms with van der Waals surface area (Å²) in [4.78, 5) is 4.04. The summed E-state index contributed by atoms with van der Waals surface area (Å²) in [5.41, 5.74) is 1.15. The van der Waals surface area contributed by atoms with E-state index in [9.17, 15) is 13.2 Å². The normalized spacial score (nSPS) is 10.8. The number of fused-ring (bicyclic) bond motifs is 1. The predicted molar refractivity (Wildman–Crippen MR) is 75.4 cm³/mol. The van der Waals surface area contributed by atoms with Crippen molar-refractivity contribution in [3.8, 4) is 0 Å². The first-order valence-electron chi connectivity index (χ1n) is 6.35. The molecule has 3 rings (SSSR count). The van der Waals surface area contributed by atoms with Crippen molar-refractivity contribution in [1.29, 1.82) is 0 Å². The average Bonchev–Trinajstić information content (AvgIpc) is 2.50. The van der Waals surface area contributed by atoms with Gasteiger partial charge in [-0.1, -0.05) is 12.1 Å². The maximum absolute atomic E-state index is 13.2. The molecule has 1 N–H and O–H groups in total. The molecule has 5 heteroatoms. The third kappa shape index (κ3) is 2.67. The van der Waals surface area contributed by atoms with Crippen LogP contribution in [0.25, 0.3) is 10.8 Å². The van der Waals surface area contributed by atoms with E-state index in [1.165, 1.54) is 0 Å². The molecule has 0 saturated carbocycles. The average molecular weight is 288 g/mol. The van der Waals surface area contributed by atoms with Crippen LogP contribution in [0.5, 0.6) is 0 Å². The molecule has 0 saturated heterocycles. The van der Waals surface area contributed by atoms with E-state index in [0.29, 0.717) is 5.56 Å². The van der Waals surface area contributed by atoms with E-state index >= 15 is 0 Å². The maximum Gasteiger partial charge on any atom is 0.194 e. The monoisotopic (exact) mass is 288 g/mol. The van der Waals surface area contributed by atoms with Gasteiger partial charge in [-0.2, -0.15) is 0 Å². The Morgan fingerprint density at radius 1 is 1.00 bits per heavy atom. The number of aromatic nitrogens is 1. The lowest BCUT2D eigenvalue weighted by Crippen LogP contribution is -2.02. The van der Waals surface area contributed by atoms with Crippen molar-refractivity contribution < 1.29 is 13.2 Å². The highest BCUT2D eigenvalue weighted by Crippen LogP contribution is 2.23. The molecular weight excluding hydrogens is 277 g/mol. The van der Waals surface area contributed by atoms with E-state index in [1.54, 1.807) is 12.4 Å². The number of halogens is 3. The van der Waals surface area contributed by atoms with Crippen LogP contribution in [0, 0.1) is 17.5 Å². The summed E-state index contributed by atoms with van der Waals surface area (Å²) in [7, 11) is 0. The number of benzene rings is 2. The Hall–Kier alpha value is -2.56. The van der Waals surface area contributed by atoms with Crippen molar-refractivity contribution in [1.82, 2.24) is 4.98 Å². The second kappa shape index (κ2) is 5.44. The summed E-state index contributed by atoms with van der Waals surface area (Å²) < 4.78 is 39.2. The Balaban J connectivity index is 1.87. The molecule has 21 heavy (non-hydrogen) atoms. The van der Waals surface area contributed by atoms with Gasteiger partial charge in [-0.25, -0.2) is 13.2 Å². The second-order valence-electron chi connectivity index (χ2n) is 4.63. The first-order chi connectivity index (χ1) is 10.1. The summed E-state index contributed by atoms with van der Waals surface area (Å²) >= 11 is 0. The minimum Gasteiger partial charge on any atom is -0.380 e. The first-order valence-corrected chi connectivity index (χ1v) is 6.35. The quantitative estimate of drug-likeness (QED) is 0.728. The van der Waals surface area contributed by atoms with Crippen LogP contribution in [0.4, 0.5) is 18.9 Å². The summed E-state index contributed by atoms with van der Waals surface area (Å²) in [6, 6.07) is 9.46. The number of nitrogens with zero attached hydrogens (tertiary/aromatic N) is 1. The SMILES string of the molecule is Fc1cc(CNc2cccc3cnccc23)cc(F)c1F. The van der Waals surface area contributed by atoms with Gasteiger partial charge in [0.25, 0.3) is 0 Å². The largest absolute Gasteiger partial charge is 0.380 e. The lowest BCUT2D eigenvalue weighted by atomic mass is 10.1. The fourth-order valence-corrected chi connectivity index (χ4v) is 2.18. The van der Waals surface area contributed by atoms with Gasteiger partial charge in [-0.15, -0.1) is 0 Å². The zero-order chi connectivity index (χ0) is 14.8. The van der Waals surface area contributed by atoms with E-state index in [0.717, 1.165) is 28.6 Å². The summed E-state index contributed by atoms with van der Waals surface area (Å²) in [5, 5.41) is 5.01. The van der Waals surface area contributed by atoms with Crippen LogP contribution >= 0.6 is 0 Å². The predicted octanol–water partition coefficient (Wildman–Crippen LogP) is 4.26. The minimum absolute atomic E-state index is 0.190. The first kappa shape index (κ1) is 13.4. The lowest BCUT2D eigenvalue weighted by molar-refractivity contribution is 0.445. The molecule has 0 amide bonds. The number of anilines is 1. The van der Waals surface area contributed by atoms with Crippen molar-refractivity contribution in [2.24, 2.45) is 0 Å². The maximum atomic E-state index is 13.2. The molecule has 2 aromatic carbocycles. The van der Waals surface area contributed by atoms with Gasteiger partial charge in [0.1, 0.15) is 0 Å². The molecular formula is C16H11F3N2. The molecule has 0 aliphatic rings. The molecule has 0 fully saturated rings. The number of hydrogen-bond donors (Lipinski definition) is 1. The van der Waals surface area contributed by atoms with Gasteiger partial charge in [-0.05, 0) is 29.8 Å². The van der Waals surface area contributed by atoms with E-state index in [-0.39, 0.29) is 6.54 Å². The molecule has 0 bridgehead atoms. The van der Waals surface area contributed by atoms with E-state index in [4.69, 9.17) is 0 Å². The molecule has 0 atom stereocenters. The summed E-state index contributed by atoms with van der Waals surface area (Å²) in [5.74, 6) is -3.82. The Morgan fingerprint density at radius 2 is 1.76 bits per heavy atom. The number of nitrogens with one attached hydrogen (secondary N) is 1. The Labute approximate surface area is 119 Å². The van der Waals surface area contributed by atoms with Gasteiger partial charge in [-0.3, -0.25) is 4.98 Å². The molecule has 106 valence electrons. The van der Waals surface area contributed by atoms with Crippen molar-refractivity contribution in [3.63, 3.8) is 0 Å². The second-order valence-corrected chi connectivity index (χ2v) is 4.63. The Kier molecular flexibility index (Phi) is 3.48.